The number of amides is 1. The Bertz CT molecular complexity index is 857. The normalized spacial score (nSPS) is 11.8. The van der Waals surface area contributed by atoms with E-state index >= 15 is 0 Å². The van der Waals surface area contributed by atoms with Gasteiger partial charge in [-0.15, -0.1) is 0 Å². The van der Waals surface area contributed by atoms with E-state index in [9.17, 15) is 9.18 Å². The van der Waals surface area contributed by atoms with E-state index in [1.807, 2.05) is 42.1 Å². The van der Waals surface area contributed by atoms with E-state index in [4.69, 9.17) is 4.74 Å². The topological polar surface area (TPSA) is 56.1 Å². The lowest BCUT2D eigenvalue weighted by atomic mass is 10.0. The lowest BCUT2D eigenvalue weighted by Crippen LogP contribution is -2.31. The second-order valence-electron chi connectivity index (χ2n) is 5.58. The number of imidazole rings is 1. The van der Waals surface area contributed by atoms with Crippen LogP contribution in [0.2, 0.25) is 0 Å². The summed E-state index contributed by atoms with van der Waals surface area (Å²) in [4.78, 5) is 16.9. The molecule has 0 saturated carbocycles. The Hall–Kier alpha value is -3.15. The summed E-state index contributed by atoms with van der Waals surface area (Å²) in [5.41, 5.74) is 1.25. The van der Waals surface area contributed by atoms with Gasteiger partial charge in [-0.3, -0.25) is 4.79 Å². The molecule has 0 aliphatic heterocycles. The minimum absolute atomic E-state index is 0.302. The zero-order valence-electron chi connectivity index (χ0n) is 13.9. The molecule has 3 aromatic rings. The summed E-state index contributed by atoms with van der Waals surface area (Å²) in [5, 5.41) is 2.96. The van der Waals surface area contributed by atoms with Gasteiger partial charge in [0.2, 0.25) is 0 Å². The number of carbonyl (C=O) groups is 1. The second kappa shape index (κ2) is 7.17. The molecule has 0 radical (unpaired) electrons. The molecule has 1 unspecified atom stereocenters. The van der Waals surface area contributed by atoms with Gasteiger partial charge in [0.15, 0.2) is 0 Å². The van der Waals surface area contributed by atoms with Gasteiger partial charge >= 0.3 is 0 Å². The summed E-state index contributed by atoms with van der Waals surface area (Å²) in [6.07, 6.45) is 3.49. The van der Waals surface area contributed by atoms with E-state index in [-0.39, 0.29) is 11.7 Å². The summed E-state index contributed by atoms with van der Waals surface area (Å²) in [5.74, 6) is 0.740. The van der Waals surface area contributed by atoms with Gasteiger partial charge in [0.1, 0.15) is 23.4 Å². The van der Waals surface area contributed by atoms with Crippen LogP contribution in [0.5, 0.6) is 5.75 Å². The number of aromatic nitrogens is 2. The molecular formula is C19H18FN3O2. The summed E-state index contributed by atoms with van der Waals surface area (Å²) >= 11 is 0. The number of methoxy groups -OCH3 is 1. The van der Waals surface area contributed by atoms with E-state index in [1.165, 1.54) is 24.3 Å². The fourth-order valence-electron chi connectivity index (χ4n) is 2.56. The second-order valence-corrected chi connectivity index (χ2v) is 5.58. The van der Waals surface area contributed by atoms with Crippen LogP contribution in [0.25, 0.3) is 0 Å². The fourth-order valence-corrected chi connectivity index (χ4v) is 2.56. The predicted molar refractivity (Wildman–Crippen MR) is 91.9 cm³/mol. The first kappa shape index (κ1) is 16.7. The van der Waals surface area contributed by atoms with Crippen molar-refractivity contribution in [2.24, 2.45) is 7.05 Å². The number of ether oxygens (including phenoxy) is 1. The van der Waals surface area contributed by atoms with Gasteiger partial charge in [-0.2, -0.15) is 0 Å². The van der Waals surface area contributed by atoms with E-state index in [1.54, 1.807) is 13.3 Å². The Morgan fingerprint density at radius 1 is 1.16 bits per heavy atom. The Kier molecular flexibility index (Phi) is 4.79. The van der Waals surface area contributed by atoms with Crippen molar-refractivity contribution >= 4 is 5.91 Å². The first-order valence-corrected chi connectivity index (χ1v) is 7.76. The number of nitrogens with one attached hydrogen (secondary N) is 1. The summed E-state index contributed by atoms with van der Waals surface area (Å²) in [6.45, 7) is 0. The van der Waals surface area contributed by atoms with Crippen molar-refractivity contribution in [2.45, 2.75) is 6.04 Å². The third kappa shape index (κ3) is 3.68. The molecule has 25 heavy (non-hydrogen) atoms. The highest BCUT2D eigenvalue weighted by molar-refractivity contribution is 5.94. The van der Waals surface area contributed by atoms with Crippen LogP contribution < -0.4 is 10.1 Å². The van der Waals surface area contributed by atoms with Crippen molar-refractivity contribution in [1.29, 1.82) is 0 Å². The van der Waals surface area contributed by atoms with Crippen molar-refractivity contribution in [2.75, 3.05) is 7.11 Å². The maximum absolute atomic E-state index is 13.1. The largest absolute Gasteiger partial charge is 0.497 e. The minimum Gasteiger partial charge on any atom is -0.497 e. The maximum atomic E-state index is 13.1. The minimum atomic E-state index is -0.441. The fraction of sp³-hybridized carbons (Fsp3) is 0.158. The molecule has 6 heteroatoms. The Morgan fingerprint density at radius 3 is 2.40 bits per heavy atom. The first-order chi connectivity index (χ1) is 12.1. The van der Waals surface area contributed by atoms with Crippen LogP contribution >= 0.6 is 0 Å². The number of aryl methyl sites for hydroxylation is 1. The summed E-state index contributed by atoms with van der Waals surface area (Å²) in [6, 6.07) is 12.4. The van der Waals surface area contributed by atoms with Crippen molar-refractivity contribution in [3.8, 4) is 5.75 Å². The average Bonchev–Trinajstić information content (AvgIpc) is 3.06. The van der Waals surface area contributed by atoms with Gasteiger partial charge in [-0.1, -0.05) is 12.1 Å². The van der Waals surface area contributed by atoms with Crippen LogP contribution in [0.3, 0.4) is 0 Å². The quantitative estimate of drug-likeness (QED) is 0.777. The molecule has 0 fully saturated rings. The highest BCUT2D eigenvalue weighted by atomic mass is 19.1. The molecule has 3 rings (SSSR count). The first-order valence-electron chi connectivity index (χ1n) is 7.76. The highest BCUT2D eigenvalue weighted by Gasteiger charge is 2.21. The number of hydrogen-bond acceptors (Lipinski definition) is 3. The molecule has 0 saturated heterocycles. The van der Waals surface area contributed by atoms with E-state index in [0.717, 1.165) is 11.3 Å². The van der Waals surface area contributed by atoms with E-state index < -0.39 is 6.04 Å². The number of carbonyl (C=O) groups excluding carboxylic acids is 1. The average molecular weight is 339 g/mol. The zero-order chi connectivity index (χ0) is 17.8. The van der Waals surface area contributed by atoms with Gasteiger partial charge in [0.05, 0.1) is 7.11 Å². The van der Waals surface area contributed by atoms with E-state index in [2.05, 4.69) is 10.3 Å². The molecular weight excluding hydrogens is 321 g/mol. The van der Waals surface area contributed by atoms with Crippen LogP contribution in [0.15, 0.2) is 60.9 Å². The molecule has 0 aliphatic rings. The SMILES string of the molecule is COc1ccc(C(NC(=O)c2ccc(F)cc2)c2nccn2C)cc1. The molecule has 0 bridgehead atoms. The monoisotopic (exact) mass is 339 g/mol. The van der Waals surface area contributed by atoms with Gasteiger partial charge < -0.3 is 14.6 Å². The maximum Gasteiger partial charge on any atom is 0.252 e. The number of nitrogens with zero attached hydrogens (tertiary/aromatic N) is 2. The highest BCUT2D eigenvalue weighted by Crippen LogP contribution is 2.23. The van der Waals surface area contributed by atoms with Gasteiger partial charge in [-0.25, -0.2) is 9.37 Å². The molecule has 1 N–H and O–H groups in total. The molecule has 1 aromatic heterocycles. The zero-order valence-corrected chi connectivity index (χ0v) is 13.9. The van der Waals surface area contributed by atoms with Crippen LogP contribution in [0.4, 0.5) is 4.39 Å². The van der Waals surface area contributed by atoms with Crippen LogP contribution in [-0.2, 0) is 7.05 Å². The van der Waals surface area contributed by atoms with Crippen molar-refractivity contribution in [3.05, 3.63) is 83.7 Å². The van der Waals surface area contributed by atoms with E-state index in [0.29, 0.717) is 11.4 Å². The number of rotatable bonds is 5. The van der Waals surface area contributed by atoms with Crippen molar-refractivity contribution in [1.82, 2.24) is 14.9 Å². The lowest BCUT2D eigenvalue weighted by molar-refractivity contribution is 0.0941. The number of halogens is 1. The van der Waals surface area contributed by atoms with Gasteiger partial charge in [-0.05, 0) is 42.0 Å². The Labute approximate surface area is 145 Å². The van der Waals surface area contributed by atoms with Crippen molar-refractivity contribution in [3.63, 3.8) is 0 Å². The molecule has 128 valence electrons. The third-order valence-electron chi connectivity index (χ3n) is 3.95. The third-order valence-corrected chi connectivity index (χ3v) is 3.95. The molecule has 2 aromatic carbocycles. The Morgan fingerprint density at radius 2 is 1.84 bits per heavy atom. The lowest BCUT2D eigenvalue weighted by Gasteiger charge is -2.19. The van der Waals surface area contributed by atoms with Crippen LogP contribution in [0.1, 0.15) is 27.8 Å². The molecule has 0 aliphatic carbocycles. The molecule has 1 amide bonds. The van der Waals surface area contributed by atoms with Crippen LogP contribution in [-0.4, -0.2) is 22.6 Å². The van der Waals surface area contributed by atoms with Gasteiger partial charge in [0, 0.05) is 25.0 Å². The molecule has 1 heterocycles. The number of benzene rings is 2. The van der Waals surface area contributed by atoms with Gasteiger partial charge in [0.25, 0.3) is 5.91 Å². The molecule has 1 atom stereocenters. The Balaban J connectivity index is 1.92. The number of hydrogen-bond donors (Lipinski definition) is 1. The van der Waals surface area contributed by atoms with Crippen LogP contribution in [0, 0.1) is 5.82 Å². The predicted octanol–water partition coefficient (Wildman–Crippen LogP) is 3.09. The standard InChI is InChI=1S/C19H18FN3O2/c1-23-12-11-21-18(23)17(13-5-9-16(25-2)10-6-13)22-19(24)14-3-7-15(20)8-4-14/h3-12,17H,1-2H3,(H,22,24). The summed E-state index contributed by atoms with van der Waals surface area (Å²) in [7, 11) is 3.46. The smallest absolute Gasteiger partial charge is 0.252 e. The molecule has 0 spiro atoms. The molecule has 5 nitrogen and oxygen atoms in total. The summed E-state index contributed by atoms with van der Waals surface area (Å²) < 4.78 is 20.1. The van der Waals surface area contributed by atoms with Crippen molar-refractivity contribution < 1.29 is 13.9 Å².